The Balaban J connectivity index is 1.93. The van der Waals surface area contributed by atoms with E-state index >= 15 is 0 Å². The molecular weight excluding hydrogens is 302 g/mol. The maximum Gasteiger partial charge on any atom is -0.0146 e. The van der Waals surface area contributed by atoms with Crippen molar-refractivity contribution in [2.45, 2.75) is 64.7 Å². The smallest absolute Gasteiger partial charge is 0.0146 e. The van der Waals surface area contributed by atoms with Crippen molar-refractivity contribution >= 4 is 26.5 Å². The summed E-state index contributed by atoms with van der Waals surface area (Å²) >= 11 is 0. The van der Waals surface area contributed by atoms with Gasteiger partial charge in [0.25, 0.3) is 0 Å². The Hall–Kier alpha value is 0.0800. The zero-order chi connectivity index (χ0) is 15.7. The highest BCUT2D eigenvalue weighted by molar-refractivity contribution is 7.73. The van der Waals surface area contributed by atoms with E-state index in [1.165, 1.54) is 38.0 Å². The van der Waals surface area contributed by atoms with Gasteiger partial charge in [0.2, 0.25) is 0 Å². The van der Waals surface area contributed by atoms with Gasteiger partial charge in [-0.2, -0.15) is 0 Å². The zero-order valence-electron chi connectivity index (χ0n) is 14.8. The summed E-state index contributed by atoms with van der Waals surface area (Å²) in [7, 11) is 0.196. The Morgan fingerprint density at radius 2 is 1.18 bits per heavy atom. The van der Waals surface area contributed by atoms with Crippen LogP contribution >= 0.6 is 15.8 Å². The molecule has 0 radical (unpaired) electrons. The van der Waals surface area contributed by atoms with Gasteiger partial charge in [-0.25, -0.2) is 0 Å². The molecule has 4 atom stereocenters. The topological polar surface area (TPSA) is 0 Å². The van der Waals surface area contributed by atoms with Crippen LogP contribution in [-0.4, -0.2) is 23.6 Å². The lowest BCUT2D eigenvalue weighted by molar-refractivity contribution is 0.583. The summed E-state index contributed by atoms with van der Waals surface area (Å²) in [5.41, 5.74) is 1.96. The van der Waals surface area contributed by atoms with Crippen molar-refractivity contribution in [2.75, 3.05) is 12.3 Å². The molecule has 0 nitrogen and oxygen atoms in total. The van der Waals surface area contributed by atoms with Gasteiger partial charge in [0.1, 0.15) is 0 Å². The molecule has 2 heteroatoms. The highest BCUT2D eigenvalue weighted by atomic mass is 31.1. The molecule has 22 heavy (non-hydrogen) atoms. The summed E-state index contributed by atoms with van der Waals surface area (Å²) in [6, 6.07) is 9.65. The molecule has 3 rings (SSSR count). The lowest BCUT2D eigenvalue weighted by atomic mass is 10.1. The monoisotopic (exact) mass is 334 g/mol. The third kappa shape index (κ3) is 3.30. The first-order chi connectivity index (χ1) is 10.6. The largest absolute Gasteiger partial charge is 0.0712 e. The van der Waals surface area contributed by atoms with Crippen LogP contribution in [0.1, 0.15) is 53.4 Å². The second kappa shape index (κ2) is 7.32. The van der Waals surface area contributed by atoms with Gasteiger partial charge in [-0.05, 0) is 71.8 Å². The van der Waals surface area contributed by atoms with Gasteiger partial charge < -0.3 is 0 Å². The molecule has 0 aliphatic carbocycles. The van der Waals surface area contributed by atoms with Crippen LogP contribution in [0.5, 0.6) is 0 Å². The Kier molecular flexibility index (Phi) is 5.63. The predicted octanol–water partition coefficient (Wildman–Crippen LogP) is 5.54. The van der Waals surface area contributed by atoms with Crippen LogP contribution in [0.25, 0.3) is 0 Å². The maximum absolute atomic E-state index is 2.51. The van der Waals surface area contributed by atoms with Crippen molar-refractivity contribution in [3.8, 4) is 0 Å². The Labute approximate surface area is 140 Å². The highest BCUT2D eigenvalue weighted by Gasteiger charge is 2.36. The standard InChI is InChI=1S/C20H32P2/c1-15(2)17-11-7-13-21(17)19-9-5-6-10-20(19)22-14-8-12-18(22)16(3)4/h5-6,9-10,15-18H,7-8,11-14H2,1-4H3. The second-order valence-corrected chi connectivity index (χ2v) is 12.8. The average Bonchev–Trinajstić information content (AvgIpc) is 3.16. The van der Waals surface area contributed by atoms with Crippen LogP contribution in [0.4, 0.5) is 0 Å². The first kappa shape index (κ1) is 16.9. The maximum atomic E-state index is 2.51. The Bertz CT molecular complexity index is 449. The molecule has 2 aliphatic heterocycles. The molecular formula is C20H32P2. The van der Waals surface area contributed by atoms with Gasteiger partial charge in [0.05, 0.1) is 0 Å². The third-order valence-corrected chi connectivity index (χ3v) is 12.7. The fourth-order valence-electron chi connectivity index (χ4n) is 4.52. The molecule has 2 fully saturated rings. The van der Waals surface area contributed by atoms with Gasteiger partial charge in [0.15, 0.2) is 0 Å². The minimum atomic E-state index is 0.0979. The minimum Gasteiger partial charge on any atom is -0.0712 e. The molecule has 0 spiro atoms. The molecule has 1 aromatic carbocycles. The van der Waals surface area contributed by atoms with E-state index in [9.17, 15) is 0 Å². The van der Waals surface area contributed by atoms with Crippen LogP contribution in [-0.2, 0) is 0 Å². The van der Waals surface area contributed by atoms with Crippen molar-refractivity contribution in [1.82, 2.24) is 0 Å². The van der Waals surface area contributed by atoms with Crippen LogP contribution in [0, 0.1) is 11.8 Å². The van der Waals surface area contributed by atoms with Gasteiger partial charge in [-0.15, -0.1) is 0 Å². The van der Waals surface area contributed by atoms with Crippen LogP contribution < -0.4 is 10.6 Å². The van der Waals surface area contributed by atoms with Crippen molar-refractivity contribution in [3.63, 3.8) is 0 Å². The van der Waals surface area contributed by atoms with Crippen LogP contribution in [0.3, 0.4) is 0 Å². The molecule has 0 bridgehead atoms. The van der Waals surface area contributed by atoms with E-state index in [1.54, 1.807) is 0 Å². The minimum absolute atomic E-state index is 0.0979. The molecule has 2 aliphatic rings. The van der Waals surface area contributed by atoms with Crippen molar-refractivity contribution in [3.05, 3.63) is 24.3 Å². The van der Waals surface area contributed by atoms with Crippen LogP contribution in [0.15, 0.2) is 24.3 Å². The molecule has 0 saturated carbocycles. The second-order valence-electron chi connectivity index (χ2n) is 7.78. The van der Waals surface area contributed by atoms with E-state index in [2.05, 4.69) is 52.0 Å². The number of rotatable bonds is 4. The molecule has 122 valence electrons. The summed E-state index contributed by atoms with van der Waals surface area (Å²) in [6.45, 7) is 9.80. The van der Waals surface area contributed by atoms with Crippen molar-refractivity contribution in [2.24, 2.45) is 11.8 Å². The first-order valence-corrected chi connectivity index (χ1v) is 12.4. The average molecular weight is 334 g/mol. The zero-order valence-corrected chi connectivity index (χ0v) is 16.5. The van der Waals surface area contributed by atoms with Crippen LogP contribution in [0.2, 0.25) is 0 Å². The lowest BCUT2D eigenvalue weighted by Crippen LogP contribution is -2.29. The Morgan fingerprint density at radius 1 is 0.773 bits per heavy atom. The molecule has 0 amide bonds. The highest BCUT2D eigenvalue weighted by Crippen LogP contribution is 2.56. The summed E-state index contributed by atoms with van der Waals surface area (Å²) in [5.74, 6) is 1.72. The van der Waals surface area contributed by atoms with Gasteiger partial charge in [0, 0.05) is 0 Å². The van der Waals surface area contributed by atoms with E-state index < -0.39 is 0 Å². The summed E-state index contributed by atoms with van der Waals surface area (Å²) in [5, 5.41) is 3.62. The Morgan fingerprint density at radius 3 is 1.55 bits per heavy atom. The fraction of sp³-hybridized carbons (Fsp3) is 0.700. The molecule has 0 N–H and O–H groups in total. The molecule has 0 aromatic heterocycles. The SMILES string of the molecule is CC(C)C1CCCP1c1ccccc1P1CCCC1C(C)C. The number of hydrogen-bond acceptors (Lipinski definition) is 0. The quantitative estimate of drug-likeness (QED) is 0.634. The van der Waals surface area contributed by atoms with Crippen molar-refractivity contribution < 1.29 is 0 Å². The van der Waals surface area contributed by atoms with E-state index in [4.69, 9.17) is 0 Å². The molecule has 2 saturated heterocycles. The number of benzene rings is 1. The van der Waals surface area contributed by atoms with E-state index in [0.29, 0.717) is 0 Å². The van der Waals surface area contributed by atoms with Crippen molar-refractivity contribution in [1.29, 1.82) is 0 Å². The fourth-order valence-corrected chi connectivity index (χ4v) is 11.9. The first-order valence-electron chi connectivity index (χ1n) is 9.22. The third-order valence-electron chi connectivity index (χ3n) is 5.64. The summed E-state index contributed by atoms with van der Waals surface area (Å²) in [4.78, 5) is 0. The number of hydrogen-bond donors (Lipinski definition) is 0. The molecule has 2 heterocycles. The van der Waals surface area contributed by atoms with E-state index in [0.717, 1.165) is 23.2 Å². The molecule has 4 unspecified atom stereocenters. The lowest BCUT2D eigenvalue weighted by Gasteiger charge is -2.31. The van der Waals surface area contributed by atoms with E-state index in [-0.39, 0.29) is 15.8 Å². The predicted molar refractivity (Wildman–Crippen MR) is 105 cm³/mol. The normalized spacial score (nSPS) is 32.3. The van der Waals surface area contributed by atoms with Gasteiger partial charge in [-0.1, -0.05) is 67.8 Å². The van der Waals surface area contributed by atoms with E-state index in [1.807, 2.05) is 10.6 Å². The summed E-state index contributed by atoms with van der Waals surface area (Å²) in [6.07, 6.45) is 8.87. The molecule has 1 aromatic rings. The van der Waals surface area contributed by atoms with Gasteiger partial charge >= 0.3 is 0 Å². The van der Waals surface area contributed by atoms with Gasteiger partial charge in [-0.3, -0.25) is 0 Å². The summed E-state index contributed by atoms with van der Waals surface area (Å²) < 4.78 is 0.